The Bertz CT molecular complexity index is 657. The van der Waals surface area contributed by atoms with Gasteiger partial charge < -0.3 is 19.7 Å². The number of guanidine groups is 1. The smallest absolute Gasteiger partial charge is 0.193 e. The molecule has 0 atom stereocenters. The van der Waals surface area contributed by atoms with Gasteiger partial charge in [0.2, 0.25) is 0 Å². The highest BCUT2D eigenvalue weighted by Crippen LogP contribution is 2.13. The van der Waals surface area contributed by atoms with Gasteiger partial charge in [0, 0.05) is 27.2 Å². The predicted molar refractivity (Wildman–Crippen MR) is 113 cm³/mol. The molecule has 25 heavy (non-hydrogen) atoms. The van der Waals surface area contributed by atoms with E-state index in [1.807, 2.05) is 43.4 Å². The van der Waals surface area contributed by atoms with Crippen molar-refractivity contribution in [1.29, 1.82) is 0 Å². The van der Waals surface area contributed by atoms with Crippen molar-refractivity contribution < 1.29 is 9.47 Å². The van der Waals surface area contributed by atoms with Crippen molar-refractivity contribution in [2.45, 2.75) is 13.1 Å². The summed E-state index contributed by atoms with van der Waals surface area (Å²) in [7, 11) is 7.16. The van der Waals surface area contributed by atoms with Crippen LogP contribution in [0.5, 0.6) is 11.5 Å². The summed E-state index contributed by atoms with van der Waals surface area (Å²) >= 11 is 0. The normalized spacial score (nSPS) is 10.6. The Kier molecular flexibility index (Phi) is 9.12. The summed E-state index contributed by atoms with van der Waals surface area (Å²) in [6.07, 6.45) is 0. The highest BCUT2D eigenvalue weighted by Gasteiger charge is 2.07. The van der Waals surface area contributed by atoms with Gasteiger partial charge in [0.05, 0.1) is 14.2 Å². The lowest BCUT2D eigenvalue weighted by molar-refractivity contribution is 0.414. The van der Waals surface area contributed by atoms with Gasteiger partial charge in [-0.1, -0.05) is 24.3 Å². The number of benzene rings is 2. The summed E-state index contributed by atoms with van der Waals surface area (Å²) in [5.74, 6) is 2.57. The second-order valence-corrected chi connectivity index (χ2v) is 5.45. The van der Waals surface area contributed by atoms with Crippen molar-refractivity contribution in [2.24, 2.45) is 4.99 Å². The number of hydrogen-bond donors (Lipinski definition) is 1. The van der Waals surface area contributed by atoms with Crippen LogP contribution >= 0.6 is 24.0 Å². The van der Waals surface area contributed by atoms with E-state index in [0.29, 0.717) is 6.54 Å². The number of nitrogens with zero attached hydrogens (tertiary/aromatic N) is 2. The number of nitrogens with one attached hydrogen (secondary N) is 1. The van der Waals surface area contributed by atoms with Gasteiger partial charge in [-0.05, 0) is 35.4 Å². The molecule has 6 heteroatoms. The van der Waals surface area contributed by atoms with Gasteiger partial charge in [-0.2, -0.15) is 0 Å². The summed E-state index contributed by atoms with van der Waals surface area (Å²) in [5.41, 5.74) is 2.38. The molecule has 0 spiro atoms. The van der Waals surface area contributed by atoms with Crippen LogP contribution < -0.4 is 14.8 Å². The van der Waals surface area contributed by atoms with Crippen LogP contribution in [0.1, 0.15) is 11.1 Å². The van der Waals surface area contributed by atoms with E-state index in [0.717, 1.165) is 24.0 Å². The zero-order valence-electron chi connectivity index (χ0n) is 15.2. The van der Waals surface area contributed by atoms with Gasteiger partial charge in [0.15, 0.2) is 5.96 Å². The molecule has 0 saturated heterocycles. The molecule has 0 saturated carbocycles. The second kappa shape index (κ2) is 10.8. The van der Waals surface area contributed by atoms with Crippen LogP contribution in [0, 0.1) is 0 Å². The lowest BCUT2D eigenvalue weighted by Gasteiger charge is -2.22. The largest absolute Gasteiger partial charge is 0.497 e. The average Bonchev–Trinajstić information content (AvgIpc) is 2.63. The van der Waals surface area contributed by atoms with Gasteiger partial charge in [-0.15, -0.1) is 24.0 Å². The first-order valence-corrected chi connectivity index (χ1v) is 7.84. The predicted octanol–water partition coefficient (Wildman–Crippen LogP) is 3.53. The van der Waals surface area contributed by atoms with E-state index in [2.05, 4.69) is 27.3 Å². The summed E-state index contributed by atoms with van der Waals surface area (Å²) < 4.78 is 10.4. The molecule has 0 fully saturated rings. The van der Waals surface area contributed by atoms with Crippen LogP contribution in [-0.2, 0) is 13.1 Å². The van der Waals surface area contributed by atoms with Crippen molar-refractivity contribution in [2.75, 3.05) is 28.3 Å². The van der Waals surface area contributed by atoms with Crippen LogP contribution in [0.2, 0.25) is 0 Å². The monoisotopic (exact) mass is 455 g/mol. The maximum Gasteiger partial charge on any atom is 0.193 e. The van der Waals surface area contributed by atoms with Crippen molar-refractivity contribution in [3.63, 3.8) is 0 Å². The Labute approximate surface area is 167 Å². The molecule has 0 radical (unpaired) electrons. The van der Waals surface area contributed by atoms with Gasteiger partial charge in [-0.3, -0.25) is 4.99 Å². The molecule has 0 aliphatic carbocycles. The quantitative estimate of drug-likeness (QED) is 0.412. The van der Waals surface area contributed by atoms with E-state index >= 15 is 0 Å². The van der Waals surface area contributed by atoms with Gasteiger partial charge >= 0.3 is 0 Å². The Morgan fingerprint density at radius 1 is 0.920 bits per heavy atom. The molecule has 2 aromatic carbocycles. The van der Waals surface area contributed by atoms with Crippen LogP contribution in [0.15, 0.2) is 53.5 Å². The first kappa shape index (κ1) is 21.1. The summed E-state index contributed by atoms with van der Waals surface area (Å²) in [4.78, 5) is 6.44. The standard InChI is InChI=1S/C19H25N3O2.HI/c1-20-19(21-13-15-5-9-17(23-3)10-6-15)22(2)14-16-7-11-18(24-4)12-8-16;/h5-12H,13-14H2,1-4H3,(H,20,21);1H. The Morgan fingerprint density at radius 3 is 1.84 bits per heavy atom. The zero-order valence-corrected chi connectivity index (χ0v) is 17.5. The minimum atomic E-state index is 0. The van der Waals surface area contributed by atoms with E-state index in [9.17, 15) is 0 Å². The molecule has 0 aromatic heterocycles. The molecule has 2 aromatic rings. The van der Waals surface area contributed by atoms with Crippen molar-refractivity contribution in [1.82, 2.24) is 10.2 Å². The maximum atomic E-state index is 5.19. The molecule has 136 valence electrons. The average molecular weight is 455 g/mol. The minimum Gasteiger partial charge on any atom is -0.497 e. The number of aliphatic imine (C=N–C) groups is 1. The van der Waals surface area contributed by atoms with Crippen LogP contribution in [0.3, 0.4) is 0 Å². The molecule has 0 amide bonds. The molecule has 1 N–H and O–H groups in total. The highest BCUT2D eigenvalue weighted by atomic mass is 127. The van der Waals surface area contributed by atoms with Gasteiger partial charge in [0.1, 0.15) is 11.5 Å². The van der Waals surface area contributed by atoms with Crippen molar-refractivity contribution in [3.05, 3.63) is 59.7 Å². The molecular weight excluding hydrogens is 429 g/mol. The van der Waals surface area contributed by atoms with Crippen LogP contribution in [0.4, 0.5) is 0 Å². The van der Waals surface area contributed by atoms with Crippen LogP contribution in [-0.4, -0.2) is 39.2 Å². The van der Waals surface area contributed by atoms with E-state index in [1.165, 1.54) is 11.1 Å². The number of rotatable bonds is 6. The van der Waals surface area contributed by atoms with E-state index in [-0.39, 0.29) is 24.0 Å². The Hall–Kier alpha value is -1.96. The van der Waals surface area contributed by atoms with Gasteiger partial charge in [-0.25, -0.2) is 0 Å². The molecule has 0 unspecified atom stereocenters. The molecular formula is C19H26IN3O2. The topological polar surface area (TPSA) is 46.1 Å². The molecule has 0 bridgehead atoms. The molecule has 0 aliphatic rings. The summed E-state index contributed by atoms with van der Waals surface area (Å²) in [5, 5.41) is 3.38. The fraction of sp³-hybridized carbons (Fsp3) is 0.316. The minimum absolute atomic E-state index is 0. The van der Waals surface area contributed by atoms with Crippen molar-refractivity contribution >= 4 is 29.9 Å². The lowest BCUT2D eigenvalue weighted by Crippen LogP contribution is -2.38. The fourth-order valence-corrected chi connectivity index (χ4v) is 2.39. The molecule has 0 aliphatic heterocycles. The molecule has 2 rings (SSSR count). The third-order valence-corrected chi connectivity index (χ3v) is 3.76. The van der Waals surface area contributed by atoms with Crippen molar-refractivity contribution in [3.8, 4) is 11.5 Å². The van der Waals surface area contributed by atoms with Crippen LogP contribution in [0.25, 0.3) is 0 Å². The SMILES string of the molecule is CN=C(NCc1ccc(OC)cc1)N(C)Cc1ccc(OC)cc1.I. The number of methoxy groups -OCH3 is 2. The number of hydrogen-bond acceptors (Lipinski definition) is 3. The summed E-state index contributed by atoms with van der Waals surface area (Å²) in [6.45, 7) is 1.48. The lowest BCUT2D eigenvalue weighted by atomic mass is 10.2. The second-order valence-electron chi connectivity index (χ2n) is 5.45. The van der Waals surface area contributed by atoms with Gasteiger partial charge in [0.25, 0.3) is 0 Å². The third-order valence-electron chi connectivity index (χ3n) is 3.76. The molecule has 0 heterocycles. The summed E-state index contributed by atoms with van der Waals surface area (Å²) in [6, 6.07) is 16.1. The Balaban J connectivity index is 0.00000312. The van der Waals surface area contributed by atoms with E-state index in [1.54, 1.807) is 21.3 Å². The molecule has 5 nitrogen and oxygen atoms in total. The first-order chi connectivity index (χ1) is 11.7. The number of ether oxygens (including phenoxy) is 2. The zero-order chi connectivity index (χ0) is 17.4. The fourth-order valence-electron chi connectivity index (χ4n) is 2.39. The maximum absolute atomic E-state index is 5.19. The van der Waals surface area contributed by atoms with E-state index in [4.69, 9.17) is 9.47 Å². The van der Waals surface area contributed by atoms with E-state index < -0.39 is 0 Å². The first-order valence-electron chi connectivity index (χ1n) is 7.84. The number of halogens is 1. The third kappa shape index (κ3) is 6.45. The Morgan fingerprint density at radius 2 is 1.40 bits per heavy atom. The highest BCUT2D eigenvalue weighted by molar-refractivity contribution is 14.0.